The van der Waals surface area contributed by atoms with E-state index in [2.05, 4.69) is 10.6 Å². The summed E-state index contributed by atoms with van der Waals surface area (Å²) in [5.74, 6) is -0.795. The van der Waals surface area contributed by atoms with E-state index in [4.69, 9.17) is 0 Å². The summed E-state index contributed by atoms with van der Waals surface area (Å²) in [5.41, 5.74) is 1.57. The van der Waals surface area contributed by atoms with Crippen molar-refractivity contribution < 1.29 is 22.8 Å². The summed E-state index contributed by atoms with van der Waals surface area (Å²) in [7, 11) is 0. The Balaban J connectivity index is 1.64. The van der Waals surface area contributed by atoms with Crippen molar-refractivity contribution >= 4 is 23.2 Å². The highest BCUT2D eigenvalue weighted by Crippen LogP contribution is 2.36. The number of amides is 2. The monoisotopic (exact) mass is 327 g/mol. The zero-order valence-electron chi connectivity index (χ0n) is 12.2. The summed E-state index contributed by atoms with van der Waals surface area (Å²) >= 11 is 0. The van der Waals surface area contributed by atoms with Crippen molar-refractivity contribution in [2.75, 3.05) is 16.8 Å². The number of rotatable bonds is 3. The van der Waals surface area contributed by atoms with Crippen LogP contribution >= 0.6 is 0 Å². The Morgan fingerprint density at radius 2 is 2.09 bits per heavy atom. The largest absolute Gasteiger partial charge is 0.389 e. The number of hydrogen-bond donors (Lipinski definition) is 2. The Labute approximate surface area is 130 Å². The number of benzene rings is 1. The van der Waals surface area contributed by atoms with Gasteiger partial charge in [-0.05, 0) is 18.6 Å². The lowest BCUT2D eigenvalue weighted by atomic mass is 10.1. The van der Waals surface area contributed by atoms with E-state index >= 15 is 0 Å². The van der Waals surface area contributed by atoms with Gasteiger partial charge in [0, 0.05) is 19.0 Å². The molecule has 0 aromatic heterocycles. The average molecular weight is 327 g/mol. The second-order valence-electron chi connectivity index (χ2n) is 5.79. The molecule has 0 radical (unpaired) electrons. The van der Waals surface area contributed by atoms with Crippen LogP contribution in [0.15, 0.2) is 24.3 Å². The van der Waals surface area contributed by atoms with Gasteiger partial charge in [0.2, 0.25) is 11.8 Å². The highest BCUT2D eigenvalue weighted by Gasteiger charge is 2.41. The summed E-state index contributed by atoms with van der Waals surface area (Å²) in [6.07, 6.45) is -5.68. The summed E-state index contributed by atoms with van der Waals surface area (Å²) in [5, 5.41) is 5.41. The van der Waals surface area contributed by atoms with Crippen LogP contribution in [-0.4, -0.2) is 36.6 Å². The first-order valence-electron chi connectivity index (χ1n) is 7.36. The number of nitrogens with zero attached hydrogens (tertiary/aromatic N) is 1. The lowest BCUT2D eigenvalue weighted by Gasteiger charge is -2.32. The molecule has 2 atom stereocenters. The third kappa shape index (κ3) is 3.40. The Hall–Kier alpha value is -2.25. The fourth-order valence-electron chi connectivity index (χ4n) is 3.06. The second-order valence-corrected chi connectivity index (χ2v) is 5.79. The molecular formula is C15H16F3N3O2. The number of carbonyl (C=O) groups excluding carboxylic acids is 2. The molecular weight excluding hydrogens is 311 g/mol. The maximum absolute atomic E-state index is 12.1. The van der Waals surface area contributed by atoms with Gasteiger partial charge in [0.25, 0.3) is 0 Å². The number of halogens is 3. The van der Waals surface area contributed by atoms with Crippen LogP contribution in [0.5, 0.6) is 0 Å². The van der Waals surface area contributed by atoms with Crippen LogP contribution in [0.2, 0.25) is 0 Å². The number of anilines is 2. The molecule has 2 N–H and O–H groups in total. The first kappa shape index (κ1) is 15.6. The van der Waals surface area contributed by atoms with Gasteiger partial charge in [0.05, 0.1) is 17.8 Å². The third-order valence-corrected chi connectivity index (χ3v) is 4.08. The van der Waals surface area contributed by atoms with Gasteiger partial charge in [-0.25, -0.2) is 0 Å². The van der Waals surface area contributed by atoms with E-state index < -0.39 is 31.0 Å². The van der Waals surface area contributed by atoms with Crippen molar-refractivity contribution in [3.63, 3.8) is 0 Å². The van der Waals surface area contributed by atoms with E-state index in [0.717, 1.165) is 5.69 Å². The summed E-state index contributed by atoms with van der Waals surface area (Å²) in [6.45, 7) is 0.410. The van der Waals surface area contributed by atoms with E-state index in [1.165, 1.54) is 0 Å². The molecule has 1 aromatic carbocycles. The van der Waals surface area contributed by atoms with Gasteiger partial charge in [-0.3, -0.25) is 9.59 Å². The van der Waals surface area contributed by atoms with E-state index in [0.29, 0.717) is 18.7 Å². The molecule has 124 valence electrons. The van der Waals surface area contributed by atoms with Crippen LogP contribution in [0.25, 0.3) is 0 Å². The predicted octanol–water partition coefficient (Wildman–Crippen LogP) is 2.04. The van der Waals surface area contributed by atoms with Crippen molar-refractivity contribution in [2.45, 2.75) is 37.5 Å². The lowest BCUT2D eigenvalue weighted by Crippen LogP contribution is -2.44. The molecule has 2 amide bonds. The standard InChI is InChI=1S/C15H16F3N3O2/c16-15(17,18)6-5-13(22)19-9-7-12-14(23)20-10-3-1-2-4-11(10)21(12)8-9/h1-4,9,12H,5-8H2,(H,19,22)(H,20,23). The van der Waals surface area contributed by atoms with Crippen LogP contribution in [-0.2, 0) is 9.59 Å². The molecule has 3 rings (SSSR count). The molecule has 2 aliphatic heterocycles. The average Bonchev–Trinajstić information content (AvgIpc) is 2.89. The van der Waals surface area contributed by atoms with E-state index in [9.17, 15) is 22.8 Å². The predicted molar refractivity (Wildman–Crippen MR) is 78.0 cm³/mol. The Morgan fingerprint density at radius 1 is 1.35 bits per heavy atom. The van der Waals surface area contributed by atoms with Gasteiger partial charge in [0.15, 0.2) is 0 Å². The second kappa shape index (κ2) is 5.75. The van der Waals surface area contributed by atoms with Gasteiger partial charge >= 0.3 is 6.18 Å². The molecule has 0 spiro atoms. The first-order chi connectivity index (χ1) is 10.8. The van der Waals surface area contributed by atoms with E-state index in [-0.39, 0.29) is 11.9 Å². The van der Waals surface area contributed by atoms with Crippen molar-refractivity contribution in [1.29, 1.82) is 0 Å². The van der Waals surface area contributed by atoms with Crippen LogP contribution in [0.3, 0.4) is 0 Å². The van der Waals surface area contributed by atoms with Crippen molar-refractivity contribution in [3.05, 3.63) is 24.3 Å². The fraction of sp³-hybridized carbons (Fsp3) is 0.467. The SMILES string of the molecule is O=C(CCC(F)(F)F)NC1CC2C(=O)Nc3ccccc3N2C1. The molecule has 2 aliphatic rings. The third-order valence-electron chi connectivity index (χ3n) is 4.08. The normalized spacial score (nSPS) is 23.1. The number of carbonyl (C=O) groups is 2. The highest BCUT2D eigenvalue weighted by atomic mass is 19.4. The highest BCUT2D eigenvalue weighted by molar-refractivity contribution is 6.04. The Morgan fingerprint density at radius 3 is 2.83 bits per heavy atom. The Kier molecular flexibility index (Phi) is 3.91. The van der Waals surface area contributed by atoms with Crippen LogP contribution in [0.1, 0.15) is 19.3 Å². The quantitative estimate of drug-likeness (QED) is 0.893. The molecule has 0 saturated carbocycles. The molecule has 2 heterocycles. The maximum Gasteiger partial charge on any atom is 0.389 e. The number of hydrogen-bond acceptors (Lipinski definition) is 3. The van der Waals surface area contributed by atoms with Gasteiger partial charge < -0.3 is 15.5 Å². The Bertz CT molecular complexity index is 633. The van der Waals surface area contributed by atoms with Gasteiger partial charge in [-0.1, -0.05) is 12.1 Å². The van der Waals surface area contributed by atoms with Crippen LogP contribution in [0.4, 0.5) is 24.5 Å². The number of fused-ring (bicyclic) bond motifs is 3. The zero-order valence-corrected chi connectivity index (χ0v) is 12.2. The van der Waals surface area contributed by atoms with E-state index in [1.807, 2.05) is 23.1 Å². The maximum atomic E-state index is 12.1. The molecule has 1 aromatic rings. The minimum Gasteiger partial charge on any atom is -0.356 e. The smallest absolute Gasteiger partial charge is 0.356 e. The number of para-hydroxylation sites is 2. The van der Waals surface area contributed by atoms with Crippen molar-refractivity contribution in [2.24, 2.45) is 0 Å². The summed E-state index contributed by atoms with van der Waals surface area (Å²) in [6, 6.07) is 6.58. The first-order valence-corrected chi connectivity index (χ1v) is 7.36. The summed E-state index contributed by atoms with van der Waals surface area (Å²) in [4.78, 5) is 25.7. The van der Waals surface area contributed by atoms with E-state index in [1.54, 1.807) is 6.07 Å². The zero-order chi connectivity index (χ0) is 16.6. The summed E-state index contributed by atoms with van der Waals surface area (Å²) < 4.78 is 36.4. The molecule has 23 heavy (non-hydrogen) atoms. The van der Waals surface area contributed by atoms with Gasteiger partial charge in [0.1, 0.15) is 6.04 Å². The van der Waals surface area contributed by atoms with Crippen molar-refractivity contribution in [1.82, 2.24) is 5.32 Å². The van der Waals surface area contributed by atoms with Crippen LogP contribution in [0, 0.1) is 0 Å². The molecule has 1 saturated heterocycles. The fourth-order valence-corrected chi connectivity index (χ4v) is 3.06. The molecule has 5 nitrogen and oxygen atoms in total. The number of alkyl halides is 3. The van der Waals surface area contributed by atoms with Gasteiger partial charge in [-0.15, -0.1) is 0 Å². The lowest BCUT2D eigenvalue weighted by molar-refractivity contribution is -0.144. The van der Waals surface area contributed by atoms with Crippen molar-refractivity contribution in [3.8, 4) is 0 Å². The van der Waals surface area contributed by atoms with Crippen LogP contribution < -0.4 is 15.5 Å². The molecule has 1 fully saturated rings. The minimum atomic E-state index is -4.34. The number of nitrogens with one attached hydrogen (secondary N) is 2. The molecule has 0 aliphatic carbocycles. The topological polar surface area (TPSA) is 61.4 Å². The minimum absolute atomic E-state index is 0.157. The molecule has 2 unspecified atom stereocenters. The molecule has 0 bridgehead atoms. The van der Waals surface area contributed by atoms with Gasteiger partial charge in [-0.2, -0.15) is 13.2 Å². The molecule has 8 heteroatoms.